The van der Waals surface area contributed by atoms with Gasteiger partial charge in [0.05, 0.1) is 6.92 Å². The molecular weight excluding hydrogens is 206 g/mol. The zero-order valence-electron chi connectivity index (χ0n) is 7.31. The highest BCUT2D eigenvalue weighted by atomic mass is 79.9. The Morgan fingerprint density at radius 2 is 2.09 bits per heavy atom. The molecule has 0 spiro atoms. The molecule has 0 bridgehead atoms. The lowest BCUT2D eigenvalue weighted by Crippen LogP contribution is -2.31. The van der Waals surface area contributed by atoms with E-state index in [1.807, 2.05) is 19.0 Å². The van der Waals surface area contributed by atoms with Crippen molar-refractivity contribution in [3.63, 3.8) is 0 Å². The van der Waals surface area contributed by atoms with Crippen LogP contribution < -0.4 is 0 Å². The third-order valence-corrected chi connectivity index (χ3v) is 2.69. The fraction of sp³-hybridized carbons (Fsp3) is 0.625. The van der Waals surface area contributed by atoms with Gasteiger partial charge in [0.25, 0.3) is 0 Å². The first kappa shape index (κ1) is 8.78. The molecule has 0 saturated heterocycles. The van der Waals surface area contributed by atoms with Crippen molar-refractivity contribution in [2.45, 2.75) is 26.3 Å². The molecule has 62 valence electrons. The van der Waals surface area contributed by atoms with E-state index in [-0.39, 0.29) is 5.54 Å². The van der Waals surface area contributed by atoms with Crippen LogP contribution in [0.4, 0.5) is 0 Å². The molecule has 0 atom stereocenters. The van der Waals surface area contributed by atoms with Gasteiger partial charge in [-0.05, 0) is 0 Å². The predicted molar refractivity (Wildman–Crippen MR) is 49.0 cm³/mol. The quantitative estimate of drug-likeness (QED) is 0.568. The second kappa shape index (κ2) is 2.63. The van der Waals surface area contributed by atoms with Crippen molar-refractivity contribution >= 4 is 21.8 Å². The molecule has 0 radical (unpaired) electrons. The van der Waals surface area contributed by atoms with Gasteiger partial charge in [0.15, 0.2) is 5.76 Å². The SMILES string of the molecule is CC1=[N+](C)C(C)(C)C(=CBr)O1. The molecule has 1 aliphatic rings. The normalized spacial score (nSPS) is 26.1. The number of likely N-dealkylation sites (N-methyl/N-ethyl adjacent to an activating group) is 1. The summed E-state index contributed by atoms with van der Waals surface area (Å²) in [5.41, 5.74) is -0.0203. The van der Waals surface area contributed by atoms with Crippen molar-refractivity contribution in [1.82, 2.24) is 0 Å². The van der Waals surface area contributed by atoms with Crippen LogP contribution in [0.25, 0.3) is 0 Å². The van der Waals surface area contributed by atoms with Crippen LogP contribution >= 0.6 is 15.9 Å². The van der Waals surface area contributed by atoms with Crippen LogP contribution in [0.15, 0.2) is 10.7 Å². The summed E-state index contributed by atoms with van der Waals surface area (Å²) in [4.78, 5) is 1.83. The highest BCUT2D eigenvalue weighted by Crippen LogP contribution is 2.27. The Balaban J connectivity index is 3.08. The zero-order chi connectivity index (χ0) is 8.65. The van der Waals surface area contributed by atoms with Gasteiger partial charge in [-0.1, -0.05) is 15.9 Å². The van der Waals surface area contributed by atoms with Crippen LogP contribution in [0.1, 0.15) is 20.8 Å². The number of nitrogens with zero attached hydrogens (tertiary/aromatic N) is 1. The van der Waals surface area contributed by atoms with Crippen molar-refractivity contribution in [2.24, 2.45) is 0 Å². The standard InChI is InChI=1S/C8H13BrNO/c1-6-10(4)8(2,3)7(5-9)11-6/h5H,1-4H3/q+1. The number of halogens is 1. The molecule has 2 nitrogen and oxygen atoms in total. The number of hydrogen-bond acceptors (Lipinski definition) is 1. The highest BCUT2D eigenvalue weighted by Gasteiger charge is 2.42. The van der Waals surface area contributed by atoms with Crippen LogP contribution in [0, 0.1) is 0 Å². The molecule has 0 N–H and O–H groups in total. The number of hydrogen-bond donors (Lipinski definition) is 0. The Bertz CT molecular complexity index is 240. The van der Waals surface area contributed by atoms with Crippen molar-refractivity contribution in [3.05, 3.63) is 10.7 Å². The monoisotopic (exact) mass is 218 g/mol. The molecule has 1 aliphatic heterocycles. The summed E-state index contributed by atoms with van der Waals surface area (Å²) < 4.78 is 7.61. The number of rotatable bonds is 0. The third kappa shape index (κ3) is 1.22. The van der Waals surface area contributed by atoms with Crippen molar-refractivity contribution in [3.8, 4) is 0 Å². The predicted octanol–water partition coefficient (Wildman–Crippen LogP) is 2.09. The van der Waals surface area contributed by atoms with E-state index < -0.39 is 0 Å². The largest absolute Gasteiger partial charge is 0.405 e. The molecule has 1 rings (SSSR count). The summed E-state index contributed by atoms with van der Waals surface area (Å²) in [5, 5.41) is 0. The minimum Gasteiger partial charge on any atom is -0.405 e. The van der Waals surface area contributed by atoms with Crippen LogP contribution in [-0.2, 0) is 4.74 Å². The Morgan fingerprint density at radius 1 is 1.55 bits per heavy atom. The molecule has 3 heteroatoms. The maximum Gasteiger partial charge on any atom is 0.339 e. The van der Waals surface area contributed by atoms with Crippen molar-refractivity contribution < 1.29 is 9.31 Å². The summed E-state index contributed by atoms with van der Waals surface area (Å²) in [5.74, 6) is 1.90. The molecule has 0 amide bonds. The Kier molecular flexibility index (Phi) is 2.10. The van der Waals surface area contributed by atoms with E-state index in [2.05, 4.69) is 34.4 Å². The lowest BCUT2D eigenvalue weighted by atomic mass is 10.0. The first-order chi connectivity index (χ1) is 5.00. The Hall–Kier alpha value is -0.310. The van der Waals surface area contributed by atoms with Crippen LogP contribution in [0.3, 0.4) is 0 Å². The lowest BCUT2D eigenvalue weighted by Gasteiger charge is -2.11. The molecule has 0 saturated carbocycles. The van der Waals surface area contributed by atoms with E-state index in [0.29, 0.717) is 0 Å². The maximum absolute atomic E-state index is 5.49. The van der Waals surface area contributed by atoms with Gasteiger partial charge in [-0.25, -0.2) is 0 Å². The average molecular weight is 219 g/mol. The molecule has 0 fully saturated rings. The maximum atomic E-state index is 5.49. The molecule has 0 unspecified atom stereocenters. The van der Waals surface area contributed by atoms with Gasteiger partial charge in [0.1, 0.15) is 7.05 Å². The van der Waals surface area contributed by atoms with E-state index in [4.69, 9.17) is 4.74 Å². The fourth-order valence-corrected chi connectivity index (χ4v) is 1.72. The summed E-state index contributed by atoms with van der Waals surface area (Å²) in [6.07, 6.45) is 0. The first-order valence-corrected chi connectivity index (χ1v) is 4.48. The molecule has 0 aromatic carbocycles. The molecule has 1 heterocycles. The van der Waals surface area contributed by atoms with Gasteiger partial charge in [0.2, 0.25) is 5.54 Å². The molecule has 0 aromatic rings. The third-order valence-electron chi connectivity index (χ3n) is 2.27. The summed E-state index contributed by atoms with van der Waals surface area (Å²) in [7, 11) is 2.03. The van der Waals surface area contributed by atoms with Gasteiger partial charge in [-0.2, -0.15) is 4.58 Å². The summed E-state index contributed by atoms with van der Waals surface area (Å²) in [6, 6.07) is 0. The minimum atomic E-state index is -0.0203. The van der Waals surface area contributed by atoms with Gasteiger partial charge in [0, 0.05) is 18.8 Å². The lowest BCUT2D eigenvalue weighted by molar-refractivity contribution is -0.557. The van der Waals surface area contributed by atoms with E-state index >= 15 is 0 Å². The van der Waals surface area contributed by atoms with Gasteiger partial charge in [-0.15, -0.1) is 0 Å². The fourth-order valence-electron chi connectivity index (χ4n) is 1.07. The van der Waals surface area contributed by atoms with E-state index in [0.717, 1.165) is 11.7 Å². The van der Waals surface area contributed by atoms with Crippen LogP contribution in [0.2, 0.25) is 0 Å². The topological polar surface area (TPSA) is 12.2 Å². The van der Waals surface area contributed by atoms with Gasteiger partial charge < -0.3 is 4.74 Å². The first-order valence-electron chi connectivity index (χ1n) is 3.56. The summed E-state index contributed by atoms with van der Waals surface area (Å²) >= 11 is 3.28. The highest BCUT2D eigenvalue weighted by molar-refractivity contribution is 9.11. The Labute approximate surface area is 75.7 Å². The smallest absolute Gasteiger partial charge is 0.339 e. The van der Waals surface area contributed by atoms with E-state index in [9.17, 15) is 0 Å². The van der Waals surface area contributed by atoms with Crippen LogP contribution in [0.5, 0.6) is 0 Å². The minimum absolute atomic E-state index is 0.0203. The van der Waals surface area contributed by atoms with E-state index in [1.54, 1.807) is 0 Å². The average Bonchev–Trinajstić information content (AvgIpc) is 2.13. The van der Waals surface area contributed by atoms with Crippen molar-refractivity contribution in [1.29, 1.82) is 0 Å². The molecular formula is C8H13BrNO+. The summed E-state index contributed by atoms with van der Waals surface area (Å²) in [6.45, 7) is 6.21. The van der Waals surface area contributed by atoms with Gasteiger partial charge in [-0.3, -0.25) is 0 Å². The van der Waals surface area contributed by atoms with Crippen LogP contribution in [-0.4, -0.2) is 23.1 Å². The van der Waals surface area contributed by atoms with Gasteiger partial charge >= 0.3 is 5.90 Å². The van der Waals surface area contributed by atoms with E-state index in [1.165, 1.54) is 0 Å². The molecule has 11 heavy (non-hydrogen) atoms. The second-order valence-corrected chi connectivity index (χ2v) is 3.67. The van der Waals surface area contributed by atoms with Crippen molar-refractivity contribution in [2.75, 3.05) is 7.05 Å². The molecule has 0 aromatic heterocycles. The Morgan fingerprint density at radius 3 is 2.27 bits per heavy atom. The second-order valence-electron chi connectivity index (χ2n) is 3.21. The zero-order valence-corrected chi connectivity index (χ0v) is 8.90. The molecule has 0 aliphatic carbocycles. The number of ether oxygens (including phenoxy) is 1.